The van der Waals surface area contributed by atoms with E-state index in [1.165, 1.54) is 24.0 Å². The van der Waals surface area contributed by atoms with Crippen molar-refractivity contribution in [3.8, 4) is 5.75 Å². The second-order valence-electron chi connectivity index (χ2n) is 5.50. The topological polar surface area (TPSA) is 32.3 Å². The van der Waals surface area contributed by atoms with Gasteiger partial charge < -0.3 is 10.4 Å². The SMILES string of the molecule is CCCC(CC)NC(c1ccccc1)c1ccc(O)cc1. The van der Waals surface area contributed by atoms with Gasteiger partial charge in [-0.15, -0.1) is 0 Å². The number of aromatic hydroxyl groups is 1. The molecule has 2 aromatic carbocycles. The monoisotopic (exact) mass is 283 g/mol. The molecule has 0 spiro atoms. The number of hydrogen-bond donors (Lipinski definition) is 2. The van der Waals surface area contributed by atoms with Gasteiger partial charge in [-0.1, -0.05) is 62.7 Å². The van der Waals surface area contributed by atoms with Crippen LogP contribution in [-0.2, 0) is 0 Å². The van der Waals surface area contributed by atoms with Crippen LogP contribution in [0.3, 0.4) is 0 Å². The number of benzene rings is 2. The Balaban J connectivity index is 2.28. The summed E-state index contributed by atoms with van der Waals surface area (Å²) in [5.41, 5.74) is 2.45. The quantitative estimate of drug-likeness (QED) is 0.775. The molecule has 0 aliphatic rings. The number of nitrogens with one attached hydrogen (secondary N) is 1. The van der Waals surface area contributed by atoms with E-state index in [0.29, 0.717) is 11.8 Å². The third-order valence-corrected chi connectivity index (χ3v) is 3.89. The van der Waals surface area contributed by atoms with Gasteiger partial charge in [-0.3, -0.25) is 0 Å². The van der Waals surface area contributed by atoms with E-state index in [-0.39, 0.29) is 6.04 Å². The molecule has 2 rings (SSSR count). The lowest BCUT2D eigenvalue weighted by Crippen LogP contribution is -2.33. The van der Waals surface area contributed by atoms with Crippen molar-refractivity contribution >= 4 is 0 Å². The molecule has 0 amide bonds. The Morgan fingerprint density at radius 2 is 1.52 bits per heavy atom. The second kappa shape index (κ2) is 7.84. The maximum absolute atomic E-state index is 9.50. The van der Waals surface area contributed by atoms with Crippen LogP contribution in [0.4, 0.5) is 0 Å². The summed E-state index contributed by atoms with van der Waals surface area (Å²) in [5, 5.41) is 13.3. The van der Waals surface area contributed by atoms with Crippen LogP contribution in [-0.4, -0.2) is 11.1 Å². The fraction of sp³-hybridized carbons (Fsp3) is 0.368. The first kappa shape index (κ1) is 15.6. The lowest BCUT2D eigenvalue weighted by atomic mass is 9.96. The Kier molecular flexibility index (Phi) is 5.82. The smallest absolute Gasteiger partial charge is 0.115 e. The first-order chi connectivity index (χ1) is 10.2. The number of hydrogen-bond acceptors (Lipinski definition) is 2. The summed E-state index contributed by atoms with van der Waals surface area (Å²) in [6.45, 7) is 4.45. The van der Waals surface area contributed by atoms with E-state index in [9.17, 15) is 5.11 Å². The Bertz CT molecular complexity index is 521. The van der Waals surface area contributed by atoms with E-state index in [0.717, 1.165) is 6.42 Å². The fourth-order valence-electron chi connectivity index (χ4n) is 2.69. The van der Waals surface area contributed by atoms with Crippen molar-refractivity contribution in [2.75, 3.05) is 0 Å². The van der Waals surface area contributed by atoms with E-state index in [2.05, 4.69) is 43.4 Å². The van der Waals surface area contributed by atoms with Crippen LogP contribution >= 0.6 is 0 Å². The van der Waals surface area contributed by atoms with E-state index in [1.807, 2.05) is 18.2 Å². The summed E-state index contributed by atoms with van der Waals surface area (Å²) in [4.78, 5) is 0. The van der Waals surface area contributed by atoms with Crippen molar-refractivity contribution < 1.29 is 5.11 Å². The lowest BCUT2D eigenvalue weighted by molar-refractivity contribution is 0.429. The first-order valence-corrected chi connectivity index (χ1v) is 7.84. The van der Waals surface area contributed by atoms with Crippen LogP contribution in [0.1, 0.15) is 50.3 Å². The second-order valence-corrected chi connectivity index (χ2v) is 5.50. The third-order valence-electron chi connectivity index (χ3n) is 3.89. The van der Waals surface area contributed by atoms with Gasteiger partial charge in [0.05, 0.1) is 6.04 Å². The summed E-state index contributed by atoms with van der Waals surface area (Å²) in [7, 11) is 0. The molecule has 2 unspecified atom stereocenters. The highest BCUT2D eigenvalue weighted by Gasteiger charge is 2.17. The molecule has 0 saturated heterocycles. The lowest BCUT2D eigenvalue weighted by Gasteiger charge is -2.26. The fourth-order valence-corrected chi connectivity index (χ4v) is 2.69. The van der Waals surface area contributed by atoms with Gasteiger partial charge >= 0.3 is 0 Å². The van der Waals surface area contributed by atoms with Crippen molar-refractivity contribution in [2.24, 2.45) is 0 Å². The van der Waals surface area contributed by atoms with Gasteiger partial charge in [0.2, 0.25) is 0 Å². The molecule has 2 nitrogen and oxygen atoms in total. The minimum atomic E-state index is 0.170. The molecule has 0 bridgehead atoms. The largest absolute Gasteiger partial charge is 0.508 e. The predicted molar refractivity (Wildman–Crippen MR) is 88.5 cm³/mol. The van der Waals surface area contributed by atoms with Crippen LogP contribution in [0.5, 0.6) is 5.75 Å². The minimum Gasteiger partial charge on any atom is -0.508 e. The molecular formula is C19H25NO. The maximum atomic E-state index is 9.50. The molecule has 21 heavy (non-hydrogen) atoms. The number of phenolic OH excluding ortho intramolecular Hbond substituents is 1. The zero-order valence-electron chi connectivity index (χ0n) is 12.9. The number of rotatable bonds is 7. The summed E-state index contributed by atoms with van der Waals surface area (Å²) < 4.78 is 0. The molecule has 0 radical (unpaired) electrons. The van der Waals surface area contributed by atoms with E-state index < -0.39 is 0 Å². The third kappa shape index (κ3) is 4.33. The van der Waals surface area contributed by atoms with Gasteiger partial charge in [0, 0.05) is 6.04 Å². The molecule has 0 fully saturated rings. The highest BCUT2D eigenvalue weighted by Crippen LogP contribution is 2.25. The Morgan fingerprint density at radius 1 is 0.905 bits per heavy atom. The van der Waals surface area contributed by atoms with Gasteiger partial charge in [0.1, 0.15) is 5.75 Å². The van der Waals surface area contributed by atoms with Crippen LogP contribution in [0.15, 0.2) is 54.6 Å². The molecule has 2 aromatic rings. The Hall–Kier alpha value is -1.80. The molecule has 0 saturated carbocycles. The molecule has 0 aromatic heterocycles. The highest BCUT2D eigenvalue weighted by atomic mass is 16.3. The predicted octanol–water partition coefficient (Wildman–Crippen LogP) is 4.65. The van der Waals surface area contributed by atoms with Gasteiger partial charge in [-0.05, 0) is 36.1 Å². The zero-order valence-corrected chi connectivity index (χ0v) is 12.9. The molecule has 2 heteroatoms. The van der Waals surface area contributed by atoms with Gasteiger partial charge in [-0.2, -0.15) is 0 Å². The van der Waals surface area contributed by atoms with Crippen molar-refractivity contribution in [1.29, 1.82) is 0 Å². The van der Waals surface area contributed by atoms with Crippen LogP contribution in [0.25, 0.3) is 0 Å². The van der Waals surface area contributed by atoms with E-state index in [4.69, 9.17) is 0 Å². The van der Waals surface area contributed by atoms with Crippen molar-refractivity contribution in [2.45, 2.75) is 45.2 Å². The van der Waals surface area contributed by atoms with Crippen LogP contribution in [0.2, 0.25) is 0 Å². The molecule has 0 aliphatic carbocycles. The van der Waals surface area contributed by atoms with Crippen molar-refractivity contribution in [1.82, 2.24) is 5.32 Å². The van der Waals surface area contributed by atoms with Gasteiger partial charge in [0.15, 0.2) is 0 Å². The van der Waals surface area contributed by atoms with Crippen LogP contribution in [0, 0.1) is 0 Å². The highest BCUT2D eigenvalue weighted by molar-refractivity contribution is 5.35. The van der Waals surface area contributed by atoms with Crippen molar-refractivity contribution in [3.63, 3.8) is 0 Å². The summed E-state index contributed by atoms with van der Waals surface area (Å²) in [5.74, 6) is 0.311. The average Bonchev–Trinajstić information content (AvgIpc) is 2.53. The zero-order chi connectivity index (χ0) is 15.1. The molecule has 2 atom stereocenters. The Labute approximate surface area is 127 Å². The van der Waals surface area contributed by atoms with Gasteiger partial charge in [0.25, 0.3) is 0 Å². The maximum Gasteiger partial charge on any atom is 0.115 e. The summed E-state index contributed by atoms with van der Waals surface area (Å²) in [6, 6.07) is 18.7. The first-order valence-electron chi connectivity index (χ1n) is 7.84. The molecular weight excluding hydrogens is 258 g/mol. The summed E-state index contributed by atoms with van der Waals surface area (Å²) >= 11 is 0. The molecule has 112 valence electrons. The van der Waals surface area contributed by atoms with E-state index >= 15 is 0 Å². The molecule has 2 N–H and O–H groups in total. The average molecular weight is 283 g/mol. The molecule has 0 aliphatic heterocycles. The van der Waals surface area contributed by atoms with Crippen LogP contribution < -0.4 is 5.32 Å². The Morgan fingerprint density at radius 3 is 2.10 bits per heavy atom. The molecule has 0 heterocycles. The normalized spacial score (nSPS) is 13.8. The standard InChI is InChI=1S/C19H25NO/c1-3-8-17(4-2)20-19(15-9-6-5-7-10-15)16-11-13-18(21)14-12-16/h5-7,9-14,17,19-21H,3-4,8H2,1-2H3. The van der Waals surface area contributed by atoms with Crippen molar-refractivity contribution in [3.05, 3.63) is 65.7 Å². The number of phenols is 1. The summed E-state index contributed by atoms with van der Waals surface area (Å²) in [6.07, 6.45) is 3.48. The van der Waals surface area contributed by atoms with E-state index in [1.54, 1.807) is 12.1 Å². The minimum absolute atomic E-state index is 0.170. The van der Waals surface area contributed by atoms with Gasteiger partial charge in [-0.25, -0.2) is 0 Å².